The molecule has 3 heterocycles. The van der Waals surface area contributed by atoms with E-state index in [1.807, 2.05) is 12.1 Å². The first-order valence-corrected chi connectivity index (χ1v) is 18.3. The van der Waals surface area contributed by atoms with E-state index in [1.165, 1.54) is 43.6 Å². The highest BCUT2D eigenvalue weighted by Gasteiger charge is 2.20. The minimum Gasteiger partial charge on any atom is -0.309 e. The van der Waals surface area contributed by atoms with Gasteiger partial charge in [0.15, 0.2) is 0 Å². The maximum Gasteiger partial charge on any atom is 0.0973 e. The predicted octanol–water partition coefficient (Wildman–Crippen LogP) is 12.8. The predicted molar refractivity (Wildman–Crippen MR) is 225 cm³/mol. The summed E-state index contributed by atoms with van der Waals surface area (Å²) < 4.78 is 4.79. The van der Waals surface area contributed by atoms with Crippen LogP contribution in [0.15, 0.2) is 194 Å². The van der Waals surface area contributed by atoms with E-state index in [-0.39, 0.29) is 0 Å². The Bertz CT molecular complexity index is 3180. The number of hydrogen-bond acceptors (Lipinski definition) is 2. The summed E-state index contributed by atoms with van der Waals surface area (Å²) in [6.45, 7) is 0. The zero-order valence-corrected chi connectivity index (χ0v) is 29.3. The molecule has 4 nitrogen and oxygen atoms in total. The van der Waals surface area contributed by atoms with E-state index in [0.29, 0.717) is 0 Å². The third-order valence-electron chi connectivity index (χ3n) is 10.7. The lowest BCUT2D eigenvalue weighted by Gasteiger charge is -2.14. The fourth-order valence-electron chi connectivity index (χ4n) is 8.26. The second kappa shape index (κ2) is 12.1. The van der Waals surface area contributed by atoms with Crippen molar-refractivity contribution >= 4 is 54.6 Å². The highest BCUT2D eigenvalue weighted by atomic mass is 15.0. The van der Waals surface area contributed by atoms with Gasteiger partial charge in [-0.05, 0) is 60.2 Å². The lowest BCUT2D eigenvalue weighted by molar-refractivity contribution is 1.17. The standard InChI is InChI=1S/C50H32N4/c1-4-15-33(16-5-1)38-23-14-24-43-50(38)52-49(48(51-43)34-17-6-2-7-18-34)35-27-29-37(30-28-35)54-45-26-13-11-22-40(45)42-31-46-41(32-47(42)54)39-21-10-12-25-44(39)53(46)36-19-8-3-9-20-36/h1-32H. The molecule has 54 heavy (non-hydrogen) atoms. The van der Waals surface area contributed by atoms with Gasteiger partial charge < -0.3 is 9.13 Å². The number of aromatic nitrogens is 4. The fourth-order valence-corrected chi connectivity index (χ4v) is 8.26. The molecule has 0 saturated carbocycles. The van der Waals surface area contributed by atoms with Crippen molar-refractivity contribution in [2.24, 2.45) is 0 Å². The van der Waals surface area contributed by atoms with Gasteiger partial charge in [0.2, 0.25) is 0 Å². The number of benzene rings is 8. The van der Waals surface area contributed by atoms with Crippen molar-refractivity contribution in [1.29, 1.82) is 0 Å². The summed E-state index contributed by atoms with van der Waals surface area (Å²) in [5.74, 6) is 0. The average Bonchev–Trinajstić information content (AvgIpc) is 3.75. The van der Waals surface area contributed by atoms with Crippen LogP contribution in [0.25, 0.3) is 99.7 Å². The van der Waals surface area contributed by atoms with Gasteiger partial charge >= 0.3 is 0 Å². The van der Waals surface area contributed by atoms with Crippen molar-refractivity contribution in [2.75, 3.05) is 0 Å². The molecular weight excluding hydrogens is 657 g/mol. The minimum atomic E-state index is 0.862. The highest BCUT2D eigenvalue weighted by molar-refractivity contribution is 6.19. The summed E-state index contributed by atoms with van der Waals surface area (Å²) in [5.41, 5.74) is 14.8. The Morgan fingerprint density at radius 3 is 1.41 bits per heavy atom. The fraction of sp³-hybridized carbons (Fsp3) is 0. The Morgan fingerprint density at radius 1 is 0.315 bits per heavy atom. The van der Waals surface area contributed by atoms with Gasteiger partial charge in [-0.1, -0.05) is 140 Å². The first kappa shape index (κ1) is 30.3. The van der Waals surface area contributed by atoms with Crippen LogP contribution >= 0.6 is 0 Å². The summed E-state index contributed by atoms with van der Waals surface area (Å²) in [7, 11) is 0. The Labute approximate surface area is 311 Å². The summed E-state index contributed by atoms with van der Waals surface area (Å²) in [6.07, 6.45) is 0. The maximum absolute atomic E-state index is 5.41. The van der Waals surface area contributed by atoms with E-state index in [1.54, 1.807) is 0 Å². The van der Waals surface area contributed by atoms with Crippen molar-refractivity contribution in [3.8, 4) is 45.0 Å². The van der Waals surface area contributed by atoms with Crippen LogP contribution in [0.2, 0.25) is 0 Å². The summed E-state index contributed by atoms with van der Waals surface area (Å²) in [6, 6.07) is 68.8. The molecule has 0 unspecified atom stereocenters. The van der Waals surface area contributed by atoms with Crippen molar-refractivity contribution in [3.63, 3.8) is 0 Å². The van der Waals surface area contributed by atoms with Crippen LogP contribution in [0, 0.1) is 0 Å². The van der Waals surface area contributed by atoms with Crippen molar-refractivity contribution < 1.29 is 0 Å². The quantitative estimate of drug-likeness (QED) is 0.180. The number of nitrogens with zero attached hydrogens (tertiary/aromatic N) is 4. The van der Waals surface area contributed by atoms with Crippen molar-refractivity contribution in [1.82, 2.24) is 19.1 Å². The molecule has 0 amide bonds. The molecule has 0 bridgehead atoms. The topological polar surface area (TPSA) is 35.6 Å². The van der Waals surface area contributed by atoms with Crippen LogP contribution in [-0.2, 0) is 0 Å². The SMILES string of the molecule is c1ccc(-c2nc3cccc(-c4ccccc4)c3nc2-c2ccc(-n3c4ccccc4c4cc5c(cc43)c3ccccc3n5-c3ccccc3)cc2)cc1. The molecule has 11 aromatic rings. The zero-order valence-electron chi connectivity index (χ0n) is 29.3. The van der Waals surface area contributed by atoms with Gasteiger partial charge in [-0.25, -0.2) is 9.97 Å². The number of fused-ring (bicyclic) bond motifs is 7. The molecule has 0 aliphatic heterocycles. The average molecular weight is 689 g/mol. The molecule has 0 aliphatic rings. The Balaban J connectivity index is 1.12. The van der Waals surface area contributed by atoms with Gasteiger partial charge in [0.25, 0.3) is 0 Å². The highest BCUT2D eigenvalue weighted by Crippen LogP contribution is 2.40. The Hall–Kier alpha value is -7.30. The smallest absolute Gasteiger partial charge is 0.0973 e. The second-order valence-electron chi connectivity index (χ2n) is 13.8. The maximum atomic E-state index is 5.41. The molecule has 252 valence electrons. The van der Waals surface area contributed by atoms with Crippen molar-refractivity contribution in [2.45, 2.75) is 0 Å². The molecule has 8 aromatic carbocycles. The molecule has 0 fully saturated rings. The lowest BCUT2D eigenvalue weighted by Crippen LogP contribution is -1.98. The van der Waals surface area contributed by atoms with Crippen LogP contribution in [0.1, 0.15) is 0 Å². The van der Waals surface area contributed by atoms with Crippen LogP contribution in [0.5, 0.6) is 0 Å². The van der Waals surface area contributed by atoms with Crippen LogP contribution in [0.3, 0.4) is 0 Å². The zero-order chi connectivity index (χ0) is 35.6. The molecule has 0 radical (unpaired) electrons. The van der Waals surface area contributed by atoms with Crippen LogP contribution in [-0.4, -0.2) is 19.1 Å². The number of hydrogen-bond donors (Lipinski definition) is 0. The normalized spacial score (nSPS) is 11.7. The van der Waals surface area contributed by atoms with Crippen LogP contribution in [0.4, 0.5) is 0 Å². The first-order chi connectivity index (χ1) is 26.8. The van der Waals surface area contributed by atoms with Crippen LogP contribution < -0.4 is 0 Å². The summed E-state index contributed by atoms with van der Waals surface area (Å²) >= 11 is 0. The van der Waals surface area contributed by atoms with E-state index in [9.17, 15) is 0 Å². The van der Waals surface area contributed by atoms with Gasteiger partial charge in [0, 0.05) is 49.6 Å². The van der Waals surface area contributed by atoms with Gasteiger partial charge in [0.05, 0.1) is 44.5 Å². The molecule has 0 spiro atoms. The number of para-hydroxylation sites is 4. The monoisotopic (exact) mass is 688 g/mol. The van der Waals surface area contributed by atoms with E-state index in [4.69, 9.17) is 9.97 Å². The Kier molecular flexibility index (Phi) is 6.82. The molecule has 0 saturated heterocycles. The van der Waals surface area contributed by atoms with Gasteiger partial charge in [-0.2, -0.15) is 0 Å². The molecule has 11 rings (SSSR count). The number of rotatable bonds is 5. The molecule has 0 aliphatic carbocycles. The van der Waals surface area contributed by atoms with Crippen molar-refractivity contribution in [3.05, 3.63) is 194 Å². The molecule has 0 N–H and O–H groups in total. The Morgan fingerprint density at radius 2 is 0.796 bits per heavy atom. The van der Waals surface area contributed by atoms with Gasteiger partial charge in [-0.3, -0.25) is 0 Å². The van der Waals surface area contributed by atoms with Gasteiger partial charge in [0.1, 0.15) is 0 Å². The molecule has 3 aromatic heterocycles. The molecule has 0 atom stereocenters. The third-order valence-corrected chi connectivity index (χ3v) is 10.7. The van der Waals surface area contributed by atoms with Gasteiger partial charge in [-0.15, -0.1) is 0 Å². The van der Waals surface area contributed by atoms with E-state index in [0.717, 1.165) is 56.0 Å². The summed E-state index contributed by atoms with van der Waals surface area (Å²) in [5, 5.41) is 4.92. The van der Waals surface area contributed by atoms with E-state index in [2.05, 4.69) is 191 Å². The lowest BCUT2D eigenvalue weighted by atomic mass is 10.0. The van der Waals surface area contributed by atoms with E-state index >= 15 is 0 Å². The minimum absolute atomic E-state index is 0.862. The van der Waals surface area contributed by atoms with E-state index < -0.39 is 0 Å². The first-order valence-electron chi connectivity index (χ1n) is 18.3. The second-order valence-corrected chi connectivity index (χ2v) is 13.8. The molecule has 4 heteroatoms. The summed E-state index contributed by atoms with van der Waals surface area (Å²) in [4.78, 5) is 10.7. The largest absolute Gasteiger partial charge is 0.309 e. The third kappa shape index (κ3) is 4.70. The molecular formula is C50H32N4.